The van der Waals surface area contributed by atoms with Gasteiger partial charge in [0.25, 0.3) is 0 Å². The van der Waals surface area contributed by atoms with E-state index < -0.39 is 0 Å². The van der Waals surface area contributed by atoms with Crippen LogP contribution < -0.4 is 5.32 Å². The zero-order chi connectivity index (χ0) is 12.2. The van der Waals surface area contributed by atoms with Crippen molar-refractivity contribution in [2.45, 2.75) is 58.9 Å². The summed E-state index contributed by atoms with van der Waals surface area (Å²) in [6, 6.07) is 0.367. The molecule has 2 aliphatic carbocycles. The summed E-state index contributed by atoms with van der Waals surface area (Å²) >= 11 is 0. The Hall–Kier alpha value is -0.790. The van der Waals surface area contributed by atoms with Crippen molar-refractivity contribution in [2.24, 2.45) is 17.3 Å². The monoisotopic (exact) mass is 233 g/mol. The van der Waals surface area contributed by atoms with Gasteiger partial charge in [0.1, 0.15) is 0 Å². The van der Waals surface area contributed by atoms with E-state index in [9.17, 15) is 4.79 Å². The smallest absolute Gasteiger partial charge is 0.247 e. The van der Waals surface area contributed by atoms with Gasteiger partial charge < -0.3 is 5.32 Å². The SMILES string of the molecule is CC1=C2C[C@@]3(C)[C@H](CCC[C@@H]3C)C[C@H]2NC1=O. The first-order chi connectivity index (χ1) is 8.02. The van der Waals surface area contributed by atoms with Gasteiger partial charge in [-0.05, 0) is 49.0 Å². The molecule has 0 aromatic heterocycles. The Kier molecular flexibility index (Phi) is 2.39. The van der Waals surface area contributed by atoms with Crippen LogP contribution in [-0.4, -0.2) is 11.9 Å². The van der Waals surface area contributed by atoms with Gasteiger partial charge in [-0.3, -0.25) is 4.79 Å². The van der Waals surface area contributed by atoms with Crippen molar-refractivity contribution in [1.29, 1.82) is 0 Å². The van der Waals surface area contributed by atoms with E-state index >= 15 is 0 Å². The number of rotatable bonds is 0. The highest BCUT2D eigenvalue weighted by Gasteiger charge is 2.49. The maximum atomic E-state index is 11.8. The second-order valence-corrected chi connectivity index (χ2v) is 6.62. The molecule has 4 atom stereocenters. The molecule has 0 aromatic rings. The zero-order valence-electron chi connectivity index (χ0n) is 11.2. The van der Waals surface area contributed by atoms with Crippen LogP contribution in [0.2, 0.25) is 0 Å². The van der Waals surface area contributed by atoms with Gasteiger partial charge in [0.05, 0.1) is 6.04 Å². The van der Waals surface area contributed by atoms with Crippen molar-refractivity contribution in [2.75, 3.05) is 0 Å². The van der Waals surface area contributed by atoms with Gasteiger partial charge in [-0.25, -0.2) is 0 Å². The molecule has 1 amide bonds. The molecule has 0 unspecified atom stereocenters. The van der Waals surface area contributed by atoms with Gasteiger partial charge in [-0.15, -0.1) is 0 Å². The third-order valence-corrected chi connectivity index (χ3v) is 5.89. The van der Waals surface area contributed by atoms with Crippen molar-refractivity contribution >= 4 is 5.91 Å². The van der Waals surface area contributed by atoms with E-state index in [1.54, 1.807) is 0 Å². The van der Waals surface area contributed by atoms with Crippen LogP contribution in [0.15, 0.2) is 11.1 Å². The lowest BCUT2D eigenvalue weighted by Crippen LogP contribution is -2.46. The van der Waals surface area contributed by atoms with Crippen LogP contribution in [0.1, 0.15) is 52.9 Å². The number of carbonyl (C=O) groups is 1. The third kappa shape index (κ3) is 1.49. The topological polar surface area (TPSA) is 29.1 Å². The van der Waals surface area contributed by atoms with E-state index in [-0.39, 0.29) is 5.91 Å². The molecule has 1 aliphatic heterocycles. The molecular weight excluding hydrogens is 210 g/mol. The summed E-state index contributed by atoms with van der Waals surface area (Å²) in [4.78, 5) is 11.8. The van der Waals surface area contributed by atoms with Crippen LogP contribution in [0.3, 0.4) is 0 Å². The number of hydrogen-bond donors (Lipinski definition) is 1. The lowest BCUT2D eigenvalue weighted by molar-refractivity contribution is -0.117. The molecule has 1 N–H and O–H groups in total. The molecule has 3 rings (SSSR count). The fourth-order valence-electron chi connectivity index (χ4n) is 4.35. The Balaban J connectivity index is 1.95. The molecule has 2 saturated carbocycles. The molecule has 17 heavy (non-hydrogen) atoms. The summed E-state index contributed by atoms with van der Waals surface area (Å²) < 4.78 is 0. The van der Waals surface area contributed by atoms with E-state index in [0.29, 0.717) is 11.5 Å². The van der Waals surface area contributed by atoms with Gasteiger partial charge >= 0.3 is 0 Å². The lowest BCUT2D eigenvalue weighted by Gasteiger charge is -2.51. The molecule has 0 radical (unpaired) electrons. The quantitative estimate of drug-likeness (QED) is 0.684. The van der Waals surface area contributed by atoms with Crippen LogP contribution in [-0.2, 0) is 4.79 Å². The molecule has 2 nitrogen and oxygen atoms in total. The van der Waals surface area contributed by atoms with Crippen LogP contribution >= 0.6 is 0 Å². The summed E-state index contributed by atoms with van der Waals surface area (Å²) in [5.74, 6) is 1.80. The number of fused-ring (bicyclic) bond motifs is 2. The summed E-state index contributed by atoms with van der Waals surface area (Å²) in [5, 5.41) is 3.16. The number of nitrogens with one attached hydrogen (secondary N) is 1. The second kappa shape index (κ2) is 3.60. The second-order valence-electron chi connectivity index (χ2n) is 6.62. The molecule has 2 fully saturated rings. The van der Waals surface area contributed by atoms with Gasteiger partial charge in [0.2, 0.25) is 5.91 Å². The Morgan fingerprint density at radius 3 is 2.88 bits per heavy atom. The van der Waals surface area contributed by atoms with Crippen molar-refractivity contribution < 1.29 is 4.79 Å². The first-order valence-corrected chi connectivity index (χ1v) is 7.03. The summed E-state index contributed by atoms with van der Waals surface area (Å²) in [6.45, 7) is 6.87. The first kappa shape index (κ1) is 11.3. The van der Waals surface area contributed by atoms with Crippen LogP contribution in [0.4, 0.5) is 0 Å². The van der Waals surface area contributed by atoms with Crippen molar-refractivity contribution in [1.82, 2.24) is 5.32 Å². The number of hydrogen-bond acceptors (Lipinski definition) is 1. The van der Waals surface area contributed by atoms with E-state index in [4.69, 9.17) is 0 Å². The molecule has 0 saturated heterocycles. The largest absolute Gasteiger partial charge is 0.346 e. The van der Waals surface area contributed by atoms with E-state index in [1.807, 2.05) is 6.92 Å². The predicted molar refractivity (Wildman–Crippen MR) is 68.5 cm³/mol. The number of amides is 1. The van der Waals surface area contributed by atoms with Gasteiger partial charge in [-0.1, -0.05) is 26.7 Å². The predicted octanol–water partition coefficient (Wildman–Crippen LogP) is 3.04. The highest BCUT2D eigenvalue weighted by atomic mass is 16.2. The molecule has 3 aliphatic rings. The molecule has 0 bridgehead atoms. The standard InChI is InChI=1S/C15H23NO/c1-9-5-4-6-11-7-13-12(8-15(9,11)3)10(2)14(17)16-13/h9,11,13H,4-8H2,1-3H3,(H,16,17)/t9-,11+,13+,15+/m0/s1. The average Bonchev–Trinajstić information content (AvgIpc) is 2.55. The minimum atomic E-state index is 0.180. The van der Waals surface area contributed by atoms with Crippen LogP contribution in [0.5, 0.6) is 0 Å². The van der Waals surface area contributed by atoms with Crippen molar-refractivity contribution in [3.63, 3.8) is 0 Å². The van der Waals surface area contributed by atoms with Crippen molar-refractivity contribution in [3.05, 3.63) is 11.1 Å². The Morgan fingerprint density at radius 2 is 2.12 bits per heavy atom. The molecule has 94 valence electrons. The lowest BCUT2D eigenvalue weighted by atomic mass is 9.54. The summed E-state index contributed by atoms with van der Waals surface area (Å²) in [6.07, 6.45) is 6.43. The van der Waals surface area contributed by atoms with E-state index in [2.05, 4.69) is 19.2 Å². The highest BCUT2D eigenvalue weighted by molar-refractivity contribution is 5.97. The Bertz CT molecular complexity index is 398. The maximum Gasteiger partial charge on any atom is 0.247 e. The van der Waals surface area contributed by atoms with E-state index in [1.165, 1.54) is 31.3 Å². The summed E-state index contributed by atoms with van der Waals surface area (Å²) in [5.41, 5.74) is 2.87. The number of carbonyl (C=O) groups excluding carboxylic acids is 1. The highest BCUT2D eigenvalue weighted by Crippen LogP contribution is 2.55. The zero-order valence-corrected chi connectivity index (χ0v) is 11.2. The Morgan fingerprint density at radius 1 is 1.35 bits per heavy atom. The molecular formula is C15H23NO. The fraction of sp³-hybridized carbons (Fsp3) is 0.800. The maximum absolute atomic E-state index is 11.8. The van der Waals surface area contributed by atoms with Crippen molar-refractivity contribution in [3.8, 4) is 0 Å². The minimum Gasteiger partial charge on any atom is -0.346 e. The normalized spacial score (nSPS) is 45.4. The third-order valence-electron chi connectivity index (χ3n) is 5.89. The summed E-state index contributed by atoms with van der Waals surface area (Å²) in [7, 11) is 0. The average molecular weight is 233 g/mol. The van der Waals surface area contributed by atoms with Gasteiger partial charge in [0.15, 0.2) is 0 Å². The van der Waals surface area contributed by atoms with Gasteiger partial charge in [0, 0.05) is 5.57 Å². The molecule has 0 aromatic carbocycles. The van der Waals surface area contributed by atoms with E-state index in [0.717, 1.165) is 23.8 Å². The van der Waals surface area contributed by atoms with Gasteiger partial charge in [-0.2, -0.15) is 0 Å². The Labute approximate surface area is 104 Å². The minimum absolute atomic E-state index is 0.180. The van der Waals surface area contributed by atoms with Crippen LogP contribution in [0, 0.1) is 17.3 Å². The molecule has 1 heterocycles. The van der Waals surface area contributed by atoms with Crippen LogP contribution in [0.25, 0.3) is 0 Å². The first-order valence-electron chi connectivity index (χ1n) is 7.03. The molecule has 0 spiro atoms. The fourth-order valence-corrected chi connectivity index (χ4v) is 4.35. The molecule has 2 heteroatoms.